The summed E-state index contributed by atoms with van der Waals surface area (Å²) in [4.78, 5) is 6.00. The molecular weight excluding hydrogens is 200 g/mol. The molecule has 2 rings (SSSR count). The van der Waals surface area contributed by atoms with Crippen LogP contribution in [-0.2, 0) is 0 Å². The van der Waals surface area contributed by atoms with Crippen molar-refractivity contribution >= 4 is 45.5 Å². The van der Waals surface area contributed by atoms with Crippen molar-refractivity contribution < 1.29 is 4.98 Å². The molecule has 0 aliphatic carbocycles. The van der Waals surface area contributed by atoms with Crippen LogP contribution in [0.2, 0.25) is 5.02 Å². The van der Waals surface area contributed by atoms with Gasteiger partial charge < -0.3 is 0 Å². The number of rotatable bonds is 0. The van der Waals surface area contributed by atoms with Crippen LogP contribution in [0, 0.1) is 3.95 Å². The first-order valence-corrected chi connectivity index (χ1v) is 4.56. The van der Waals surface area contributed by atoms with Crippen molar-refractivity contribution in [2.75, 3.05) is 0 Å². The van der Waals surface area contributed by atoms with Crippen molar-refractivity contribution in [3.8, 4) is 0 Å². The van der Waals surface area contributed by atoms with Crippen molar-refractivity contribution in [2.45, 2.75) is 0 Å². The maximum atomic E-state index is 5.76. The molecule has 0 aromatic carbocycles. The fourth-order valence-corrected chi connectivity index (χ4v) is 2.21. The molecule has 0 aliphatic rings. The molecule has 0 unspecified atom stereocenters. The number of pyridine rings is 1. The van der Waals surface area contributed by atoms with Crippen LogP contribution in [0.5, 0.6) is 0 Å². The Kier molecular flexibility index (Phi) is 1.67. The van der Waals surface area contributed by atoms with Gasteiger partial charge in [0.2, 0.25) is 3.95 Å². The van der Waals surface area contributed by atoms with E-state index in [0.29, 0.717) is 5.02 Å². The molecule has 2 aromatic heterocycles. The van der Waals surface area contributed by atoms with Crippen LogP contribution in [-0.4, -0.2) is 4.98 Å². The van der Waals surface area contributed by atoms with Gasteiger partial charge in [0.1, 0.15) is 10.9 Å². The topological polar surface area (TPSA) is 29.9 Å². The number of H-pyrrole nitrogens is 2. The third-order valence-electron chi connectivity index (χ3n) is 1.30. The predicted octanol–water partition coefficient (Wildman–Crippen LogP) is 2.43. The maximum absolute atomic E-state index is 5.76. The predicted molar refractivity (Wildman–Crippen MR) is 48.6 cm³/mol. The van der Waals surface area contributed by atoms with Gasteiger partial charge in [0.25, 0.3) is 5.65 Å². The number of fused-ring (bicyclic) bond motifs is 1. The molecule has 2 nitrogen and oxygen atoms in total. The van der Waals surface area contributed by atoms with Crippen molar-refractivity contribution in [1.29, 1.82) is 0 Å². The van der Waals surface area contributed by atoms with Gasteiger partial charge in [-0.3, -0.25) is 0 Å². The summed E-state index contributed by atoms with van der Waals surface area (Å²) in [6.07, 6.45) is 1.72. The minimum atomic E-state index is 0.697. The highest BCUT2D eigenvalue weighted by molar-refractivity contribution is 7.73. The molecule has 0 fully saturated rings. The standard InChI is InChI=1S/C6H3ClN2S2/c7-3-1-4-5(8-2-3)9-6(10)11-4/h1-2H,(H,8,9,10)/p+1. The first-order chi connectivity index (χ1) is 5.25. The summed E-state index contributed by atoms with van der Waals surface area (Å²) in [7, 11) is 0. The number of hydrogen-bond acceptors (Lipinski definition) is 2. The van der Waals surface area contributed by atoms with Crippen molar-refractivity contribution in [3.63, 3.8) is 0 Å². The molecule has 2 N–H and O–H groups in total. The monoisotopic (exact) mass is 203 g/mol. The third-order valence-corrected chi connectivity index (χ3v) is 2.70. The van der Waals surface area contributed by atoms with Crippen LogP contribution in [0.15, 0.2) is 12.3 Å². The third kappa shape index (κ3) is 1.29. The van der Waals surface area contributed by atoms with Gasteiger partial charge in [0.05, 0.1) is 5.02 Å². The van der Waals surface area contributed by atoms with E-state index in [1.54, 1.807) is 6.20 Å². The first kappa shape index (κ1) is 7.21. The van der Waals surface area contributed by atoms with Gasteiger partial charge in [-0.2, -0.15) is 0 Å². The zero-order valence-electron chi connectivity index (χ0n) is 5.35. The number of aromatic nitrogens is 2. The Labute approximate surface area is 76.9 Å². The Balaban J connectivity index is 2.92. The summed E-state index contributed by atoms with van der Waals surface area (Å²) in [5.74, 6) is 0. The normalized spacial score (nSPS) is 10.6. The van der Waals surface area contributed by atoms with Crippen molar-refractivity contribution in [1.82, 2.24) is 4.98 Å². The van der Waals surface area contributed by atoms with Gasteiger partial charge in [-0.15, -0.1) is 0 Å². The zero-order chi connectivity index (χ0) is 7.84. The Morgan fingerprint density at radius 3 is 3.27 bits per heavy atom. The number of hydrogen-bond donors (Lipinski definition) is 1. The maximum Gasteiger partial charge on any atom is 0.296 e. The molecule has 2 heterocycles. The average Bonchev–Trinajstić information content (AvgIpc) is 2.27. The van der Waals surface area contributed by atoms with Crippen LogP contribution in [0.1, 0.15) is 0 Å². The van der Waals surface area contributed by atoms with Crippen molar-refractivity contribution in [3.05, 3.63) is 21.2 Å². The molecule has 0 saturated carbocycles. The molecule has 0 spiro atoms. The first-order valence-electron chi connectivity index (χ1n) is 2.96. The van der Waals surface area contributed by atoms with Gasteiger partial charge in [-0.1, -0.05) is 22.9 Å². The van der Waals surface area contributed by atoms with E-state index < -0.39 is 0 Å². The minimum Gasteiger partial charge on any atom is -0.245 e. The fraction of sp³-hybridized carbons (Fsp3) is 0. The summed E-state index contributed by atoms with van der Waals surface area (Å²) in [6.45, 7) is 0. The van der Waals surface area contributed by atoms with E-state index in [2.05, 4.69) is 9.97 Å². The molecule has 0 radical (unpaired) electrons. The van der Waals surface area contributed by atoms with E-state index in [0.717, 1.165) is 14.3 Å². The second-order valence-electron chi connectivity index (χ2n) is 2.07. The van der Waals surface area contributed by atoms with Gasteiger partial charge in [0, 0.05) is 0 Å². The van der Waals surface area contributed by atoms with Gasteiger partial charge >= 0.3 is 0 Å². The Bertz CT molecular complexity index is 445. The zero-order valence-corrected chi connectivity index (χ0v) is 7.74. The fourth-order valence-electron chi connectivity index (χ4n) is 0.857. The Hall–Kier alpha value is -0.450. The molecule has 0 atom stereocenters. The van der Waals surface area contributed by atoms with Crippen LogP contribution in [0.3, 0.4) is 0 Å². The summed E-state index contributed by atoms with van der Waals surface area (Å²) in [5.41, 5.74) is 0.935. The number of nitrogens with one attached hydrogen (secondary N) is 2. The molecule has 5 heteroatoms. The molecule has 0 bridgehead atoms. The highest BCUT2D eigenvalue weighted by Crippen LogP contribution is 2.18. The average molecular weight is 204 g/mol. The van der Waals surface area contributed by atoms with E-state index in [-0.39, 0.29) is 0 Å². The molecule has 0 amide bonds. The van der Waals surface area contributed by atoms with E-state index >= 15 is 0 Å². The van der Waals surface area contributed by atoms with E-state index in [1.165, 1.54) is 11.3 Å². The van der Waals surface area contributed by atoms with Crippen molar-refractivity contribution in [2.24, 2.45) is 0 Å². The lowest BCUT2D eigenvalue weighted by Crippen LogP contribution is -2.01. The Morgan fingerprint density at radius 2 is 2.45 bits per heavy atom. The van der Waals surface area contributed by atoms with Gasteiger partial charge in [-0.25, -0.2) is 9.97 Å². The smallest absolute Gasteiger partial charge is 0.245 e. The van der Waals surface area contributed by atoms with Crippen LogP contribution in [0.25, 0.3) is 10.3 Å². The quantitative estimate of drug-likeness (QED) is 0.655. The second kappa shape index (κ2) is 2.55. The molecule has 2 aromatic rings. The highest BCUT2D eigenvalue weighted by atomic mass is 35.5. The van der Waals surface area contributed by atoms with E-state index in [1.807, 2.05) is 6.07 Å². The highest BCUT2D eigenvalue weighted by Gasteiger charge is 2.03. The SMILES string of the molecule is S=c1[nH]c2[nH+]cc(Cl)cc2s1. The lowest BCUT2D eigenvalue weighted by Gasteiger charge is -1.82. The largest absolute Gasteiger partial charge is 0.296 e. The Morgan fingerprint density at radius 1 is 1.64 bits per heavy atom. The van der Waals surface area contributed by atoms with Crippen LogP contribution >= 0.6 is 35.2 Å². The van der Waals surface area contributed by atoms with Crippen LogP contribution in [0.4, 0.5) is 0 Å². The molecular formula is C6H4ClN2S2+. The molecule has 11 heavy (non-hydrogen) atoms. The molecule has 0 aliphatic heterocycles. The summed E-state index contributed by atoms with van der Waals surface area (Å²) in [6, 6.07) is 1.88. The van der Waals surface area contributed by atoms with Crippen LogP contribution < -0.4 is 4.98 Å². The number of thiazole rings is 1. The molecule has 0 saturated heterocycles. The van der Waals surface area contributed by atoms with E-state index in [4.69, 9.17) is 23.8 Å². The minimum absolute atomic E-state index is 0.697. The second-order valence-corrected chi connectivity index (χ2v) is 4.23. The van der Waals surface area contributed by atoms with Gasteiger partial charge in [-0.05, 0) is 18.3 Å². The summed E-state index contributed by atoms with van der Waals surface area (Å²) < 4.78 is 1.82. The van der Waals surface area contributed by atoms with Gasteiger partial charge in [0.15, 0.2) is 0 Å². The summed E-state index contributed by atoms with van der Waals surface area (Å²) >= 11 is 12.2. The lowest BCUT2D eigenvalue weighted by molar-refractivity contribution is -0.347. The van der Waals surface area contributed by atoms with E-state index in [9.17, 15) is 0 Å². The summed E-state index contributed by atoms with van der Waals surface area (Å²) in [5, 5.41) is 0.697. The number of aromatic amines is 2. The number of halogens is 1. The lowest BCUT2D eigenvalue weighted by atomic mass is 10.5. The molecule has 56 valence electrons.